The Labute approximate surface area is 109 Å². The molecule has 2 aromatic heterocycles. The molecule has 0 amide bonds. The molecule has 0 aromatic carbocycles. The minimum Gasteiger partial charge on any atom is -0.370 e. The van der Waals surface area contributed by atoms with Gasteiger partial charge in [-0.05, 0) is 19.3 Å². The third kappa shape index (κ3) is 2.64. The van der Waals surface area contributed by atoms with Crippen molar-refractivity contribution in [2.24, 2.45) is 5.92 Å². The van der Waals surface area contributed by atoms with Crippen molar-refractivity contribution in [3.05, 3.63) is 22.4 Å². The van der Waals surface area contributed by atoms with Gasteiger partial charge in [0.25, 0.3) is 0 Å². The highest BCUT2D eigenvalue weighted by atomic mass is 35.5. The van der Waals surface area contributed by atoms with Crippen LogP contribution in [0.5, 0.6) is 0 Å². The van der Waals surface area contributed by atoms with E-state index in [1.54, 1.807) is 13.0 Å². The van der Waals surface area contributed by atoms with Gasteiger partial charge in [-0.1, -0.05) is 6.92 Å². The van der Waals surface area contributed by atoms with Gasteiger partial charge >= 0.3 is 5.69 Å². The van der Waals surface area contributed by atoms with Crippen molar-refractivity contribution in [1.82, 2.24) is 19.6 Å². The van der Waals surface area contributed by atoms with Crippen LogP contribution in [0.15, 0.2) is 10.9 Å². The third-order valence-corrected chi connectivity index (χ3v) is 3.02. The van der Waals surface area contributed by atoms with Gasteiger partial charge in [-0.2, -0.15) is 5.10 Å². The second-order valence-corrected chi connectivity index (χ2v) is 4.75. The number of halogens is 1. The zero-order valence-electron chi connectivity index (χ0n) is 10.4. The Morgan fingerprint density at radius 3 is 3.11 bits per heavy atom. The van der Waals surface area contributed by atoms with Crippen molar-refractivity contribution < 1.29 is 0 Å². The molecule has 98 valence electrons. The fourth-order valence-electron chi connectivity index (χ4n) is 1.76. The largest absolute Gasteiger partial charge is 0.370 e. The first-order valence-corrected chi connectivity index (χ1v) is 6.40. The van der Waals surface area contributed by atoms with Crippen molar-refractivity contribution >= 4 is 23.1 Å². The first kappa shape index (κ1) is 12.9. The lowest BCUT2D eigenvalue weighted by Gasteiger charge is -2.12. The van der Waals surface area contributed by atoms with Crippen LogP contribution in [-0.4, -0.2) is 32.0 Å². The highest BCUT2D eigenvalue weighted by molar-refractivity contribution is 6.17. The molecule has 2 aromatic rings. The molecule has 0 aliphatic heterocycles. The van der Waals surface area contributed by atoms with Crippen LogP contribution in [-0.2, 0) is 0 Å². The fraction of sp³-hybridized carbons (Fsp3) is 0.545. The molecule has 18 heavy (non-hydrogen) atoms. The predicted molar refractivity (Wildman–Crippen MR) is 71.3 cm³/mol. The van der Waals surface area contributed by atoms with Gasteiger partial charge in [-0.15, -0.1) is 11.6 Å². The second-order valence-electron chi connectivity index (χ2n) is 4.37. The molecule has 2 rings (SSSR count). The summed E-state index contributed by atoms with van der Waals surface area (Å²) in [5.41, 5.74) is 0.303. The maximum Gasteiger partial charge on any atom is 0.349 e. The van der Waals surface area contributed by atoms with Crippen LogP contribution in [0.3, 0.4) is 0 Å². The average Bonchev–Trinajstić information content (AvgIpc) is 2.69. The molecule has 1 atom stereocenters. The van der Waals surface area contributed by atoms with Gasteiger partial charge in [0.2, 0.25) is 0 Å². The average molecular weight is 270 g/mol. The molecule has 0 bridgehead atoms. The molecule has 0 fully saturated rings. The van der Waals surface area contributed by atoms with Crippen LogP contribution < -0.4 is 11.0 Å². The normalized spacial score (nSPS) is 12.8. The summed E-state index contributed by atoms with van der Waals surface area (Å²) in [6, 6.07) is 1.75. The molecule has 0 aliphatic rings. The summed E-state index contributed by atoms with van der Waals surface area (Å²) in [6.07, 6.45) is 0.956. The molecule has 0 saturated heterocycles. The van der Waals surface area contributed by atoms with Gasteiger partial charge in [0.1, 0.15) is 11.6 Å². The minimum absolute atomic E-state index is 0.267. The summed E-state index contributed by atoms with van der Waals surface area (Å²) in [6.45, 7) is 4.70. The van der Waals surface area contributed by atoms with Crippen molar-refractivity contribution in [2.45, 2.75) is 20.3 Å². The summed E-state index contributed by atoms with van der Waals surface area (Å²) in [5.74, 6) is 2.46. The van der Waals surface area contributed by atoms with E-state index < -0.39 is 0 Å². The topological polar surface area (TPSA) is 75.1 Å². The van der Waals surface area contributed by atoms with E-state index in [1.807, 2.05) is 0 Å². The molecular formula is C11H16ClN5O. The molecule has 7 heteroatoms. The van der Waals surface area contributed by atoms with Gasteiger partial charge in [0.05, 0.1) is 0 Å². The van der Waals surface area contributed by atoms with E-state index in [4.69, 9.17) is 11.6 Å². The molecule has 0 saturated carbocycles. The minimum atomic E-state index is -0.267. The Morgan fingerprint density at radius 2 is 2.39 bits per heavy atom. The number of hydrogen-bond acceptors (Lipinski definition) is 4. The Hall–Kier alpha value is -1.56. The summed E-state index contributed by atoms with van der Waals surface area (Å²) < 4.78 is 1.44. The third-order valence-electron chi connectivity index (χ3n) is 2.80. The molecule has 0 aliphatic carbocycles. The van der Waals surface area contributed by atoms with Crippen molar-refractivity contribution in [1.29, 1.82) is 0 Å². The van der Waals surface area contributed by atoms with Gasteiger partial charge in [0.15, 0.2) is 5.65 Å². The maximum absolute atomic E-state index is 11.4. The number of rotatable bonds is 5. The molecule has 2 N–H and O–H groups in total. The summed E-state index contributed by atoms with van der Waals surface area (Å²) in [5, 5.41) is 9.56. The summed E-state index contributed by atoms with van der Waals surface area (Å²) in [4.78, 5) is 15.8. The predicted octanol–water partition coefficient (Wildman–Crippen LogP) is 1.40. The highest BCUT2D eigenvalue weighted by Crippen LogP contribution is 2.10. The number of anilines is 1. The smallest absolute Gasteiger partial charge is 0.349 e. The quantitative estimate of drug-likeness (QED) is 0.805. The van der Waals surface area contributed by atoms with Crippen LogP contribution in [0.1, 0.15) is 19.2 Å². The number of aromatic nitrogens is 4. The molecule has 2 heterocycles. The highest BCUT2D eigenvalue weighted by Gasteiger charge is 2.07. The maximum atomic E-state index is 11.4. The number of H-pyrrole nitrogens is 1. The SMILES string of the molecule is Cc1nc(NCC(C)CCCl)cc2n[nH]c(=O)n12. The number of fused-ring (bicyclic) bond motifs is 1. The zero-order valence-corrected chi connectivity index (χ0v) is 11.2. The number of nitrogens with one attached hydrogen (secondary N) is 2. The standard InChI is InChI=1S/C11H16ClN5O/c1-7(3-4-12)6-13-9-5-10-15-16-11(18)17(10)8(2)14-9/h5,7,13H,3-4,6H2,1-2H3,(H,16,18). The molecule has 0 spiro atoms. The van der Waals surface area contributed by atoms with Crippen LogP contribution in [0.4, 0.5) is 5.82 Å². The number of aromatic amines is 1. The van der Waals surface area contributed by atoms with E-state index in [-0.39, 0.29) is 5.69 Å². The Bertz CT molecular complexity index is 591. The van der Waals surface area contributed by atoms with E-state index in [9.17, 15) is 4.79 Å². The van der Waals surface area contributed by atoms with Crippen LogP contribution >= 0.6 is 11.6 Å². The molecular weight excluding hydrogens is 254 g/mol. The van der Waals surface area contributed by atoms with E-state index in [2.05, 4.69) is 27.4 Å². The van der Waals surface area contributed by atoms with Crippen LogP contribution in [0.25, 0.3) is 5.65 Å². The first-order valence-electron chi connectivity index (χ1n) is 5.86. The lowest BCUT2D eigenvalue weighted by atomic mass is 10.1. The zero-order chi connectivity index (χ0) is 13.1. The Morgan fingerprint density at radius 1 is 1.61 bits per heavy atom. The lowest BCUT2D eigenvalue weighted by molar-refractivity contribution is 0.595. The number of nitrogens with zero attached hydrogens (tertiary/aromatic N) is 3. The summed E-state index contributed by atoms with van der Waals surface area (Å²) in [7, 11) is 0. The first-order chi connectivity index (χ1) is 8.61. The van der Waals surface area contributed by atoms with Crippen molar-refractivity contribution in [3.63, 3.8) is 0 Å². The lowest BCUT2D eigenvalue weighted by Crippen LogP contribution is -2.16. The summed E-state index contributed by atoms with van der Waals surface area (Å²) >= 11 is 5.69. The van der Waals surface area contributed by atoms with E-state index in [0.717, 1.165) is 18.8 Å². The van der Waals surface area contributed by atoms with Crippen LogP contribution in [0, 0.1) is 12.8 Å². The van der Waals surface area contributed by atoms with E-state index in [0.29, 0.717) is 23.3 Å². The monoisotopic (exact) mass is 269 g/mol. The number of aryl methyl sites for hydroxylation is 1. The fourth-order valence-corrected chi connectivity index (χ4v) is 2.13. The Balaban J connectivity index is 2.17. The molecule has 6 nitrogen and oxygen atoms in total. The van der Waals surface area contributed by atoms with E-state index >= 15 is 0 Å². The van der Waals surface area contributed by atoms with Gasteiger partial charge in [-0.25, -0.2) is 19.3 Å². The van der Waals surface area contributed by atoms with Gasteiger partial charge in [0, 0.05) is 18.5 Å². The van der Waals surface area contributed by atoms with Gasteiger partial charge in [-0.3, -0.25) is 0 Å². The number of alkyl halides is 1. The van der Waals surface area contributed by atoms with Gasteiger partial charge < -0.3 is 5.32 Å². The van der Waals surface area contributed by atoms with Crippen molar-refractivity contribution in [2.75, 3.05) is 17.7 Å². The Kier molecular flexibility index (Phi) is 3.86. The molecule has 0 radical (unpaired) electrons. The van der Waals surface area contributed by atoms with E-state index in [1.165, 1.54) is 4.40 Å². The molecule has 1 unspecified atom stereocenters. The van der Waals surface area contributed by atoms with Crippen molar-refractivity contribution in [3.8, 4) is 0 Å². The van der Waals surface area contributed by atoms with Crippen LogP contribution in [0.2, 0.25) is 0 Å². The number of hydrogen-bond donors (Lipinski definition) is 2. The second kappa shape index (κ2) is 5.39.